The number of hydrogen-bond donors (Lipinski definition) is 4. The third-order valence-corrected chi connectivity index (χ3v) is 2.68. The number of aliphatic hydroxyl groups is 1. The summed E-state index contributed by atoms with van der Waals surface area (Å²) in [4.78, 5) is 34.0. The van der Waals surface area contributed by atoms with E-state index in [-0.39, 0.29) is 6.61 Å². The summed E-state index contributed by atoms with van der Waals surface area (Å²) in [7, 11) is 0. The Labute approximate surface area is 116 Å². The first-order valence-corrected chi connectivity index (χ1v) is 6.10. The highest BCUT2D eigenvalue weighted by atomic mass is 16.3. The molecule has 0 aliphatic rings. The van der Waals surface area contributed by atoms with E-state index in [4.69, 9.17) is 10.8 Å². The van der Waals surface area contributed by atoms with Gasteiger partial charge in [-0.25, -0.2) is 0 Å². The average molecular weight is 279 g/mol. The molecule has 0 radical (unpaired) electrons. The number of nitrogens with two attached hydrogens (primary N) is 1. The Morgan fingerprint density at radius 3 is 2.25 bits per heavy atom. The van der Waals surface area contributed by atoms with E-state index >= 15 is 0 Å². The summed E-state index contributed by atoms with van der Waals surface area (Å²) in [6.07, 6.45) is 0.517. The van der Waals surface area contributed by atoms with Crippen molar-refractivity contribution in [1.29, 1.82) is 0 Å². The molecule has 1 atom stereocenters. The lowest BCUT2D eigenvalue weighted by atomic mass is 10.2. The molecule has 1 unspecified atom stereocenters. The molecular formula is C13H17N3O4. The van der Waals surface area contributed by atoms with Gasteiger partial charge in [0.15, 0.2) is 0 Å². The summed E-state index contributed by atoms with van der Waals surface area (Å²) < 4.78 is 0. The van der Waals surface area contributed by atoms with Crippen molar-refractivity contribution >= 4 is 23.4 Å². The Morgan fingerprint density at radius 2 is 1.80 bits per heavy atom. The maximum atomic E-state index is 11.6. The van der Waals surface area contributed by atoms with E-state index in [0.29, 0.717) is 17.7 Å². The van der Waals surface area contributed by atoms with Crippen molar-refractivity contribution in [1.82, 2.24) is 5.32 Å². The van der Waals surface area contributed by atoms with Gasteiger partial charge < -0.3 is 21.5 Å². The van der Waals surface area contributed by atoms with Crippen LogP contribution in [0.15, 0.2) is 24.3 Å². The lowest BCUT2D eigenvalue weighted by Crippen LogP contribution is -2.43. The van der Waals surface area contributed by atoms with E-state index in [1.54, 1.807) is 6.92 Å². The number of benzene rings is 1. The molecule has 0 heterocycles. The van der Waals surface area contributed by atoms with Crippen LogP contribution in [0.2, 0.25) is 0 Å². The fraction of sp³-hybridized carbons (Fsp3) is 0.308. The minimum atomic E-state index is -0.844. The number of hydrogen-bond acceptors (Lipinski definition) is 4. The third-order valence-electron chi connectivity index (χ3n) is 2.68. The summed E-state index contributed by atoms with van der Waals surface area (Å²) in [6, 6.07) is 5.37. The van der Waals surface area contributed by atoms with Gasteiger partial charge in [-0.15, -0.1) is 0 Å². The topological polar surface area (TPSA) is 122 Å². The number of anilines is 1. The molecular weight excluding hydrogens is 262 g/mol. The van der Waals surface area contributed by atoms with Gasteiger partial charge in [-0.1, -0.05) is 6.92 Å². The van der Waals surface area contributed by atoms with Crippen molar-refractivity contribution in [3.05, 3.63) is 29.8 Å². The molecule has 0 bridgehead atoms. The van der Waals surface area contributed by atoms with Crippen molar-refractivity contribution in [3.63, 3.8) is 0 Å². The molecule has 1 aromatic rings. The van der Waals surface area contributed by atoms with Gasteiger partial charge in [0.25, 0.3) is 0 Å². The first-order chi connectivity index (χ1) is 9.47. The molecule has 0 saturated heterocycles. The number of nitrogens with one attached hydrogen (secondary N) is 2. The highest BCUT2D eigenvalue weighted by Crippen LogP contribution is 2.08. The highest BCUT2D eigenvalue weighted by molar-refractivity contribution is 6.39. The maximum absolute atomic E-state index is 11.6. The number of amides is 3. The molecule has 108 valence electrons. The number of carbonyl (C=O) groups is 3. The van der Waals surface area contributed by atoms with Gasteiger partial charge in [0.1, 0.15) is 0 Å². The number of rotatable bonds is 5. The van der Waals surface area contributed by atoms with Crippen LogP contribution >= 0.6 is 0 Å². The molecule has 5 N–H and O–H groups in total. The summed E-state index contributed by atoms with van der Waals surface area (Å²) >= 11 is 0. The Balaban J connectivity index is 2.61. The monoisotopic (exact) mass is 279 g/mol. The molecule has 20 heavy (non-hydrogen) atoms. The van der Waals surface area contributed by atoms with Crippen LogP contribution in [0.1, 0.15) is 23.7 Å². The Morgan fingerprint density at radius 1 is 1.20 bits per heavy atom. The van der Waals surface area contributed by atoms with Crippen molar-refractivity contribution < 1.29 is 19.5 Å². The molecule has 0 saturated carbocycles. The van der Waals surface area contributed by atoms with Gasteiger partial charge in [0, 0.05) is 11.3 Å². The summed E-state index contributed by atoms with van der Waals surface area (Å²) in [5.74, 6) is -2.25. The van der Waals surface area contributed by atoms with E-state index in [9.17, 15) is 14.4 Å². The summed E-state index contributed by atoms with van der Waals surface area (Å²) in [6.45, 7) is 1.55. The minimum Gasteiger partial charge on any atom is -0.394 e. The van der Waals surface area contributed by atoms with Crippen LogP contribution in [0.5, 0.6) is 0 Å². The molecule has 7 heteroatoms. The van der Waals surface area contributed by atoms with Gasteiger partial charge in [0.2, 0.25) is 5.91 Å². The van der Waals surface area contributed by atoms with Crippen LogP contribution < -0.4 is 16.4 Å². The fourth-order valence-corrected chi connectivity index (χ4v) is 1.43. The van der Waals surface area contributed by atoms with E-state index in [1.807, 2.05) is 0 Å². The van der Waals surface area contributed by atoms with Crippen molar-refractivity contribution in [2.45, 2.75) is 19.4 Å². The van der Waals surface area contributed by atoms with Crippen molar-refractivity contribution in [2.75, 3.05) is 11.9 Å². The van der Waals surface area contributed by atoms with Crippen LogP contribution in [0.3, 0.4) is 0 Å². The predicted molar refractivity (Wildman–Crippen MR) is 72.9 cm³/mol. The van der Waals surface area contributed by atoms with Crippen LogP contribution in [0.25, 0.3) is 0 Å². The zero-order chi connectivity index (χ0) is 15.1. The average Bonchev–Trinajstić information content (AvgIpc) is 2.44. The third kappa shape index (κ3) is 4.36. The lowest BCUT2D eigenvalue weighted by Gasteiger charge is -2.13. The Kier molecular flexibility index (Phi) is 5.67. The van der Waals surface area contributed by atoms with E-state index in [0.717, 1.165) is 0 Å². The zero-order valence-corrected chi connectivity index (χ0v) is 11.1. The minimum absolute atomic E-state index is 0.233. The van der Waals surface area contributed by atoms with E-state index < -0.39 is 23.8 Å². The normalized spacial score (nSPS) is 11.5. The number of carbonyl (C=O) groups excluding carboxylic acids is 3. The molecule has 0 fully saturated rings. The van der Waals surface area contributed by atoms with Gasteiger partial charge in [-0.05, 0) is 30.7 Å². The molecule has 0 spiro atoms. The van der Waals surface area contributed by atoms with Gasteiger partial charge in [-0.2, -0.15) is 0 Å². The van der Waals surface area contributed by atoms with Crippen LogP contribution in [0, 0.1) is 0 Å². The predicted octanol–water partition coefficient (Wildman–Crippen LogP) is -0.389. The first kappa shape index (κ1) is 15.6. The zero-order valence-electron chi connectivity index (χ0n) is 11.1. The largest absolute Gasteiger partial charge is 0.394 e. The second kappa shape index (κ2) is 7.25. The summed E-state index contributed by atoms with van der Waals surface area (Å²) in [5, 5.41) is 13.7. The molecule has 0 aromatic heterocycles. The molecule has 0 aliphatic carbocycles. The summed E-state index contributed by atoms with van der Waals surface area (Å²) in [5.41, 5.74) is 5.76. The van der Waals surface area contributed by atoms with Gasteiger partial charge in [-0.3, -0.25) is 14.4 Å². The number of aliphatic hydroxyl groups excluding tert-OH is 1. The quantitative estimate of drug-likeness (QED) is 0.548. The number of primary amides is 1. The standard InChI is InChI=1S/C13H17N3O4/c1-2-9(7-17)15-12(19)13(20)16-10-5-3-8(4-6-10)11(14)18/h3-6,9,17H,2,7H2,1H3,(H2,14,18)(H,15,19)(H,16,20). The molecule has 3 amide bonds. The SMILES string of the molecule is CCC(CO)NC(=O)C(=O)Nc1ccc(C(N)=O)cc1. The molecule has 0 aliphatic heterocycles. The van der Waals surface area contributed by atoms with Crippen LogP contribution in [0.4, 0.5) is 5.69 Å². The molecule has 1 aromatic carbocycles. The van der Waals surface area contributed by atoms with Crippen LogP contribution in [-0.2, 0) is 9.59 Å². The Bertz CT molecular complexity index is 495. The first-order valence-electron chi connectivity index (χ1n) is 6.10. The second-order valence-electron chi connectivity index (χ2n) is 4.16. The van der Waals surface area contributed by atoms with E-state index in [1.165, 1.54) is 24.3 Å². The van der Waals surface area contributed by atoms with Crippen LogP contribution in [-0.4, -0.2) is 35.5 Å². The van der Waals surface area contributed by atoms with Crippen molar-refractivity contribution in [2.24, 2.45) is 5.73 Å². The lowest BCUT2D eigenvalue weighted by molar-refractivity contribution is -0.136. The smallest absolute Gasteiger partial charge is 0.313 e. The molecule has 7 nitrogen and oxygen atoms in total. The van der Waals surface area contributed by atoms with Gasteiger partial charge >= 0.3 is 11.8 Å². The maximum Gasteiger partial charge on any atom is 0.313 e. The highest BCUT2D eigenvalue weighted by Gasteiger charge is 2.17. The second-order valence-corrected chi connectivity index (χ2v) is 4.16. The van der Waals surface area contributed by atoms with E-state index in [2.05, 4.69) is 10.6 Å². The van der Waals surface area contributed by atoms with Crippen molar-refractivity contribution in [3.8, 4) is 0 Å². The Hall–Kier alpha value is -2.41. The molecule has 1 rings (SSSR count). The van der Waals surface area contributed by atoms with Gasteiger partial charge in [0.05, 0.1) is 12.6 Å². The fourth-order valence-electron chi connectivity index (χ4n) is 1.43.